The molecule has 0 aliphatic rings. The van der Waals surface area contributed by atoms with Crippen molar-refractivity contribution >= 4 is 35.1 Å². The molecule has 6 nitrogen and oxygen atoms in total. The van der Waals surface area contributed by atoms with Crippen LogP contribution in [0.5, 0.6) is 0 Å². The lowest BCUT2D eigenvalue weighted by molar-refractivity contribution is -0.137. The van der Waals surface area contributed by atoms with E-state index in [-0.39, 0.29) is 34.7 Å². The Hall–Kier alpha value is -2.08. The highest BCUT2D eigenvalue weighted by Crippen LogP contribution is 2.22. The standard InChI is InChI=1S/C17H23ClN2O4/c1-11(2)9-15(21)19-12-6-7-14(18)13(10-12)17(24)20(3)8-4-5-16(22)23/h6-7,10-11H,4-5,8-9H2,1-3H3,(H,19,21)(H,22,23). The van der Waals surface area contributed by atoms with Gasteiger partial charge in [0.15, 0.2) is 0 Å². The van der Waals surface area contributed by atoms with Gasteiger partial charge in [0.2, 0.25) is 5.91 Å². The minimum atomic E-state index is -0.899. The number of hydrogen-bond acceptors (Lipinski definition) is 3. The molecule has 24 heavy (non-hydrogen) atoms. The molecule has 0 aliphatic heterocycles. The average molecular weight is 355 g/mol. The minimum absolute atomic E-state index is 0.00332. The first-order valence-electron chi connectivity index (χ1n) is 7.77. The highest BCUT2D eigenvalue weighted by Gasteiger charge is 2.17. The summed E-state index contributed by atoms with van der Waals surface area (Å²) in [4.78, 5) is 36.2. The molecule has 1 aromatic rings. The van der Waals surface area contributed by atoms with E-state index < -0.39 is 5.97 Å². The van der Waals surface area contributed by atoms with Crippen molar-refractivity contribution in [3.05, 3.63) is 28.8 Å². The van der Waals surface area contributed by atoms with Crippen LogP contribution in [0.15, 0.2) is 18.2 Å². The lowest BCUT2D eigenvalue weighted by Crippen LogP contribution is -2.28. The number of hydrogen-bond donors (Lipinski definition) is 2. The summed E-state index contributed by atoms with van der Waals surface area (Å²) in [6.07, 6.45) is 0.748. The molecule has 0 unspecified atom stereocenters. The van der Waals surface area contributed by atoms with Crippen molar-refractivity contribution in [3.63, 3.8) is 0 Å². The first kappa shape index (κ1) is 20.0. The molecular weight excluding hydrogens is 332 g/mol. The third-order valence-electron chi connectivity index (χ3n) is 3.31. The molecule has 0 radical (unpaired) electrons. The van der Waals surface area contributed by atoms with Gasteiger partial charge in [0, 0.05) is 32.1 Å². The number of carbonyl (C=O) groups is 3. The summed E-state index contributed by atoms with van der Waals surface area (Å²) in [5.41, 5.74) is 0.782. The molecular formula is C17H23ClN2O4. The van der Waals surface area contributed by atoms with Crippen LogP contribution in [-0.4, -0.2) is 41.4 Å². The van der Waals surface area contributed by atoms with Gasteiger partial charge in [-0.15, -0.1) is 0 Å². The summed E-state index contributed by atoms with van der Waals surface area (Å²) in [6.45, 7) is 4.20. The Morgan fingerprint density at radius 1 is 1.29 bits per heavy atom. The Kier molecular flexibility index (Phi) is 7.71. The third-order valence-corrected chi connectivity index (χ3v) is 3.63. The Morgan fingerprint density at radius 2 is 1.96 bits per heavy atom. The molecule has 0 heterocycles. The smallest absolute Gasteiger partial charge is 0.303 e. The molecule has 2 amide bonds. The van der Waals surface area contributed by atoms with Crippen molar-refractivity contribution < 1.29 is 19.5 Å². The number of carboxylic acids is 1. The Bertz CT molecular complexity index is 617. The third kappa shape index (κ3) is 6.58. The van der Waals surface area contributed by atoms with Gasteiger partial charge in [-0.1, -0.05) is 25.4 Å². The zero-order chi connectivity index (χ0) is 18.3. The Labute approximate surface area is 146 Å². The predicted molar refractivity (Wildman–Crippen MR) is 93.4 cm³/mol. The van der Waals surface area contributed by atoms with Crippen molar-refractivity contribution in [1.82, 2.24) is 4.90 Å². The number of carboxylic acid groups (broad SMARTS) is 1. The monoisotopic (exact) mass is 354 g/mol. The van der Waals surface area contributed by atoms with Crippen molar-refractivity contribution in [3.8, 4) is 0 Å². The second kappa shape index (κ2) is 9.27. The SMILES string of the molecule is CC(C)CC(=O)Nc1ccc(Cl)c(C(=O)N(C)CCCC(=O)O)c1. The quantitative estimate of drug-likeness (QED) is 0.750. The molecule has 1 aromatic carbocycles. The number of halogens is 1. The van der Waals surface area contributed by atoms with Crippen LogP contribution in [0.1, 0.15) is 43.5 Å². The van der Waals surface area contributed by atoms with Gasteiger partial charge in [-0.25, -0.2) is 0 Å². The summed E-state index contributed by atoms with van der Waals surface area (Å²) >= 11 is 6.09. The summed E-state index contributed by atoms with van der Waals surface area (Å²) in [7, 11) is 1.59. The zero-order valence-electron chi connectivity index (χ0n) is 14.1. The summed E-state index contributed by atoms with van der Waals surface area (Å²) in [6, 6.07) is 4.74. The van der Waals surface area contributed by atoms with Crippen molar-refractivity contribution in [2.45, 2.75) is 33.1 Å². The van der Waals surface area contributed by atoms with E-state index in [2.05, 4.69) is 5.32 Å². The first-order chi connectivity index (χ1) is 11.2. The Balaban J connectivity index is 2.79. The van der Waals surface area contributed by atoms with Crippen LogP contribution in [0.25, 0.3) is 0 Å². The maximum atomic E-state index is 12.4. The van der Waals surface area contributed by atoms with Crippen LogP contribution in [0.3, 0.4) is 0 Å². The van der Waals surface area contributed by atoms with Gasteiger partial charge in [0.1, 0.15) is 0 Å². The van der Waals surface area contributed by atoms with E-state index in [4.69, 9.17) is 16.7 Å². The maximum Gasteiger partial charge on any atom is 0.303 e. The second-order valence-electron chi connectivity index (χ2n) is 6.06. The molecule has 7 heteroatoms. The van der Waals surface area contributed by atoms with E-state index in [0.717, 1.165) is 0 Å². The number of carbonyl (C=O) groups excluding carboxylic acids is 2. The molecule has 2 N–H and O–H groups in total. The van der Waals surface area contributed by atoms with Crippen LogP contribution < -0.4 is 5.32 Å². The van der Waals surface area contributed by atoms with Gasteiger partial charge >= 0.3 is 5.97 Å². The summed E-state index contributed by atoms with van der Waals surface area (Å²) < 4.78 is 0. The normalized spacial score (nSPS) is 10.5. The van der Waals surface area contributed by atoms with Gasteiger partial charge in [0.05, 0.1) is 10.6 Å². The average Bonchev–Trinajstić information content (AvgIpc) is 2.47. The number of aliphatic carboxylic acids is 1. The maximum absolute atomic E-state index is 12.4. The fourth-order valence-electron chi connectivity index (χ4n) is 2.12. The number of amides is 2. The van der Waals surface area contributed by atoms with E-state index >= 15 is 0 Å². The highest BCUT2D eigenvalue weighted by molar-refractivity contribution is 6.34. The number of benzene rings is 1. The van der Waals surface area contributed by atoms with Crippen LogP contribution in [0, 0.1) is 5.92 Å². The van der Waals surface area contributed by atoms with Crippen molar-refractivity contribution in [1.29, 1.82) is 0 Å². The molecule has 0 bridgehead atoms. The molecule has 0 spiro atoms. The van der Waals surface area contributed by atoms with E-state index in [0.29, 0.717) is 25.1 Å². The molecule has 0 aliphatic carbocycles. The van der Waals surface area contributed by atoms with Gasteiger partial charge < -0.3 is 15.3 Å². The lowest BCUT2D eigenvalue weighted by atomic mass is 10.1. The van der Waals surface area contributed by atoms with Crippen LogP contribution in [0.2, 0.25) is 5.02 Å². The fraction of sp³-hybridized carbons (Fsp3) is 0.471. The largest absolute Gasteiger partial charge is 0.481 e. The number of rotatable bonds is 8. The summed E-state index contributed by atoms with van der Waals surface area (Å²) in [5, 5.41) is 11.7. The van der Waals surface area contributed by atoms with Crippen LogP contribution >= 0.6 is 11.6 Å². The van der Waals surface area contributed by atoms with Gasteiger partial charge in [0.25, 0.3) is 5.91 Å². The molecule has 132 valence electrons. The van der Waals surface area contributed by atoms with E-state index in [9.17, 15) is 14.4 Å². The van der Waals surface area contributed by atoms with E-state index in [1.54, 1.807) is 19.2 Å². The summed E-state index contributed by atoms with van der Waals surface area (Å²) in [5.74, 6) is -1.10. The topological polar surface area (TPSA) is 86.7 Å². The molecule has 0 saturated heterocycles. The molecule has 1 rings (SSSR count). The van der Waals surface area contributed by atoms with Crippen LogP contribution in [-0.2, 0) is 9.59 Å². The first-order valence-corrected chi connectivity index (χ1v) is 8.15. The highest BCUT2D eigenvalue weighted by atomic mass is 35.5. The van der Waals surface area contributed by atoms with Gasteiger partial charge in [-0.05, 0) is 30.5 Å². The molecule has 0 aromatic heterocycles. The number of nitrogens with one attached hydrogen (secondary N) is 1. The van der Waals surface area contributed by atoms with Crippen LogP contribution in [0.4, 0.5) is 5.69 Å². The second-order valence-corrected chi connectivity index (χ2v) is 6.47. The van der Waals surface area contributed by atoms with E-state index in [1.165, 1.54) is 11.0 Å². The number of nitrogens with zero attached hydrogens (tertiary/aromatic N) is 1. The minimum Gasteiger partial charge on any atom is -0.481 e. The van der Waals surface area contributed by atoms with E-state index in [1.807, 2.05) is 13.8 Å². The predicted octanol–water partition coefficient (Wildman–Crippen LogP) is 3.26. The molecule has 0 fully saturated rings. The lowest BCUT2D eigenvalue weighted by Gasteiger charge is -2.18. The van der Waals surface area contributed by atoms with Crippen molar-refractivity contribution in [2.24, 2.45) is 5.92 Å². The number of anilines is 1. The zero-order valence-corrected chi connectivity index (χ0v) is 14.9. The van der Waals surface area contributed by atoms with Gasteiger partial charge in [-0.2, -0.15) is 0 Å². The fourth-order valence-corrected chi connectivity index (χ4v) is 2.32. The Morgan fingerprint density at radius 3 is 2.54 bits per heavy atom. The molecule has 0 saturated carbocycles. The molecule has 0 atom stereocenters. The van der Waals surface area contributed by atoms with Gasteiger partial charge in [-0.3, -0.25) is 14.4 Å². The van der Waals surface area contributed by atoms with Crippen molar-refractivity contribution in [2.75, 3.05) is 18.9 Å².